The number of anilines is 1. The van der Waals surface area contributed by atoms with Crippen LogP contribution in [0, 0.1) is 11.7 Å². The zero-order valence-electron chi connectivity index (χ0n) is 34.8. The van der Waals surface area contributed by atoms with Crippen LogP contribution >= 0.6 is 0 Å². The van der Waals surface area contributed by atoms with Crippen LogP contribution in [-0.4, -0.2) is 91.0 Å². The van der Waals surface area contributed by atoms with Gasteiger partial charge in [0.1, 0.15) is 40.5 Å². The number of halogens is 1. The van der Waals surface area contributed by atoms with Gasteiger partial charge in [-0.3, -0.25) is 19.3 Å². The lowest BCUT2D eigenvalue weighted by Crippen LogP contribution is -2.58. The van der Waals surface area contributed by atoms with Gasteiger partial charge in [0.05, 0.1) is 12.2 Å². The minimum atomic E-state index is -4.67. The summed E-state index contributed by atoms with van der Waals surface area (Å²) >= 11 is 0. The van der Waals surface area contributed by atoms with E-state index in [1.165, 1.54) is 17.0 Å². The van der Waals surface area contributed by atoms with Gasteiger partial charge in [0.15, 0.2) is 0 Å². The number of nitrogens with zero attached hydrogens (tertiary/aromatic N) is 2. The molecule has 334 valence electrons. The van der Waals surface area contributed by atoms with Gasteiger partial charge in [-0.25, -0.2) is 27.1 Å². The van der Waals surface area contributed by atoms with Crippen LogP contribution in [0.25, 0.3) is 0 Å². The van der Waals surface area contributed by atoms with E-state index in [0.717, 1.165) is 80.2 Å². The third-order valence-corrected chi connectivity index (χ3v) is 14.7. The summed E-state index contributed by atoms with van der Waals surface area (Å²) in [4.78, 5) is 72.5. The number of rotatable bonds is 5. The van der Waals surface area contributed by atoms with Crippen molar-refractivity contribution in [3.63, 3.8) is 0 Å². The van der Waals surface area contributed by atoms with Crippen LogP contribution in [0.3, 0.4) is 0 Å². The van der Waals surface area contributed by atoms with Crippen molar-refractivity contribution in [1.29, 1.82) is 0 Å². The van der Waals surface area contributed by atoms with E-state index in [1.807, 2.05) is 18.2 Å². The second-order valence-corrected chi connectivity index (χ2v) is 19.5. The number of sulfonamides is 1. The first kappa shape index (κ1) is 43.4. The summed E-state index contributed by atoms with van der Waals surface area (Å²) in [6.07, 6.45) is 7.44. The molecule has 5 atom stereocenters. The first-order valence-corrected chi connectivity index (χ1v) is 23.4. The van der Waals surface area contributed by atoms with Gasteiger partial charge < -0.3 is 36.1 Å². The van der Waals surface area contributed by atoms with Crippen LogP contribution in [0.4, 0.5) is 19.7 Å². The van der Waals surface area contributed by atoms with Gasteiger partial charge in [-0.2, -0.15) is 0 Å². The highest BCUT2D eigenvalue weighted by molar-refractivity contribution is 7.90. The van der Waals surface area contributed by atoms with Gasteiger partial charge in [-0.05, 0) is 92.7 Å². The Morgan fingerprint density at radius 3 is 2.39 bits per heavy atom. The van der Waals surface area contributed by atoms with E-state index in [0.29, 0.717) is 38.9 Å². The molecule has 2 aromatic rings. The second kappa shape index (κ2) is 17.5. The molecule has 62 heavy (non-hydrogen) atoms. The van der Waals surface area contributed by atoms with E-state index in [2.05, 4.69) is 27.3 Å². The van der Waals surface area contributed by atoms with Crippen molar-refractivity contribution in [2.75, 3.05) is 18.4 Å². The van der Waals surface area contributed by atoms with E-state index in [4.69, 9.17) is 15.2 Å². The molecule has 6 aliphatic rings. The van der Waals surface area contributed by atoms with E-state index < -0.39 is 80.3 Å². The number of carbonyl (C=O) groups is 5. The Kier molecular flexibility index (Phi) is 12.3. The number of nitrogens with one attached hydrogen (secondary N) is 4. The predicted molar refractivity (Wildman–Crippen MR) is 224 cm³/mol. The molecule has 4 fully saturated rings. The fourth-order valence-corrected chi connectivity index (χ4v) is 10.6. The Bertz CT molecular complexity index is 2230. The fourth-order valence-electron chi connectivity index (χ4n) is 9.34. The summed E-state index contributed by atoms with van der Waals surface area (Å²) in [5.41, 5.74) is 7.39. The summed E-state index contributed by atoms with van der Waals surface area (Å²) in [5, 5.41) is 8.55. The molecule has 0 aromatic heterocycles. The van der Waals surface area contributed by atoms with Gasteiger partial charge in [0.2, 0.25) is 11.8 Å². The monoisotopic (exact) mass is 877 g/mol. The van der Waals surface area contributed by atoms with Crippen molar-refractivity contribution < 1.29 is 46.3 Å². The molecular weight excluding hydrogens is 822 g/mol. The highest BCUT2D eigenvalue weighted by atomic mass is 32.2. The molecule has 3 aliphatic heterocycles. The molecule has 2 aromatic carbocycles. The van der Waals surface area contributed by atoms with Crippen LogP contribution in [0.2, 0.25) is 0 Å². The average molecular weight is 878 g/mol. The number of fused-ring (bicyclic) bond motifs is 3. The summed E-state index contributed by atoms with van der Waals surface area (Å²) in [5.74, 6) is -3.94. The summed E-state index contributed by atoms with van der Waals surface area (Å²) < 4.78 is 55.7. The van der Waals surface area contributed by atoms with Crippen LogP contribution in [0.5, 0.6) is 0 Å². The number of nitrogens with two attached hydrogens (primary N) is 1. The first-order valence-electron chi connectivity index (χ1n) is 21.9. The van der Waals surface area contributed by atoms with Gasteiger partial charge in [-0.15, -0.1) is 6.58 Å². The topological polar surface area (TPSA) is 219 Å². The maximum Gasteiger partial charge on any atom is 0.410 e. The van der Waals surface area contributed by atoms with E-state index >= 15 is 0 Å². The molecule has 0 radical (unpaired) electrons. The predicted octanol–water partition coefficient (Wildman–Crippen LogP) is 4.56. The SMILES string of the molecule is C=C[C@@H]1C[C@@]12NC(=O)[C@@H]1C[C@@H](OC(=O)N3Cc4ccc(C5(N)CC5)cc4C3)CN1C(=O)[C@@H](NC(=O)OC1CCCC1)CCCCCCCNc1ccc(F)cc1S(=O)(=O)NC2=O. The van der Waals surface area contributed by atoms with Crippen molar-refractivity contribution in [3.05, 3.63) is 71.6 Å². The Labute approximate surface area is 360 Å². The third kappa shape index (κ3) is 9.26. The summed E-state index contributed by atoms with van der Waals surface area (Å²) in [6, 6.07) is 6.87. The quantitative estimate of drug-likeness (QED) is 0.262. The van der Waals surface area contributed by atoms with Crippen LogP contribution in [-0.2, 0) is 52.5 Å². The Hall–Kier alpha value is -5.23. The molecule has 6 N–H and O–H groups in total. The standard InChI is InChI=1S/C44H56FN7O9S/c1-2-29-23-44(29)40(55)50-62(58,59)37-21-31(45)15-16-34(37)47-19-9-5-3-4-6-12-35(48-41(56)60-32-10-7-8-11-32)39(54)52-26-33(22-36(52)38(53)49-44)61-42(57)51-24-27-13-14-30(20-28(27)25-51)43(46)17-18-43/h2,13-16,20-21,29,32-33,35-36,47H,1,3-12,17-19,22-26,46H2,(H,48,56)(H,49,53)(H,50,55)/t29-,33-,35+,36+,44-/m1/s1. The number of amides is 5. The Balaban J connectivity index is 1.05. The highest BCUT2D eigenvalue weighted by Crippen LogP contribution is 2.46. The van der Waals surface area contributed by atoms with Crippen molar-refractivity contribution in [2.45, 2.75) is 143 Å². The number of hydrogen-bond donors (Lipinski definition) is 5. The fraction of sp³-hybridized carbons (Fsp3) is 0.568. The maximum atomic E-state index is 14.7. The smallest absolute Gasteiger partial charge is 0.410 e. The van der Waals surface area contributed by atoms with Crippen LogP contribution in [0.15, 0.2) is 53.9 Å². The molecule has 8 rings (SSSR count). The van der Waals surface area contributed by atoms with Crippen molar-refractivity contribution in [3.8, 4) is 0 Å². The van der Waals surface area contributed by atoms with Gasteiger partial charge >= 0.3 is 12.2 Å². The highest BCUT2D eigenvalue weighted by Gasteiger charge is 2.61. The summed E-state index contributed by atoms with van der Waals surface area (Å²) in [6.45, 7) is 4.55. The number of carbonyl (C=O) groups excluding carboxylic acids is 5. The van der Waals surface area contributed by atoms with Crippen molar-refractivity contribution >= 4 is 45.6 Å². The van der Waals surface area contributed by atoms with E-state index in [-0.39, 0.29) is 43.1 Å². The number of ether oxygens (including phenoxy) is 2. The third-order valence-electron chi connectivity index (χ3n) is 13.3. The Morgan fingerprint density at radius 1 is 0.919 bits per heavy atom. The van der Waals surface area contributed by atoms with Crippen molar-refractivity contribution in [1.82, 2.24) is 25.2 Å². The van der Waals surface area contributed by atoms with E-state index in [9.17, 15) is 36.8 Å². The normalized spacial score (nSPS) is 28.6. The van der Waals surface area contributed by atoms with E-state index in [1.54, 1.807) is 4.90 Å². The van der Waals surface area contributed by atoms with Crippen molar-refractivity contribution in [2.24, 2.45) is 11.7 Å². The lowest BCUT2D eigenvalue weighted by molar-refractivity contribution is -0.141. The molecule has 0 bridgehead atoms. The van der Waals surface area contributed by atoms with Gasteiger partial charge in [0.25, 0.3) is 15.9 Å². The molecule has 3 heterocycles. The molecule has 0 unspecified atom stereocenters. The molecule has 1 saturated heterocycles. The number of hydrogen-bond acceptors (Lipinski definition) is 11. The minimum Gasteiger partial charge on any atom is -0.446 e. The first-order chi connectivity index (χ1) is 29.7. The molecule has 3 aliphatic carbocycles. The number of alkyl carbamates (subject to hydrolysis) is 1. The molecular formula is C44H56FN7O9S. The molecule has 16 nitrogen and oxygen atoms in total. The zero-order valence-corrected chi connectivity index (χ0v) is 35.6. The molecule has 3 saturated carbocycles. The average Bonchev–Trinajstić information content (AvgIpc) is 3.87. The molecule has 1 spiro atoms. The lowest BCUT2D eigenvalue weighted by atomic mass is 10.0. The largest absolute Gasteiger partial charge is 0.446 e. The lowest BCUT2D eigenvalue weighted by Gasteiger charge is -2.30. The Morgan fingerprint density at radius 2 is 1.65 bits per heavy atom. The second-order valence-electron chi connectivity index (χ2n) is 17.8. The summed E-state index contributed by atoms with van der Waals surface area (Å²) in [7, 11) is -4.67. The zero-order chi connectivity index (χ0) is 43.8. The molecule has 5 amide bonds. The van der Waals surface area contributed by atoms with Crippen LogP contribution < -0.4 is 26.4 Å². The molecule has 18 heteroatoms. The van der Waals surface area contributed by atoms with Gasteiger partial charge in [0, 0.05) is 37.5 Å². The van der Waals surface area contributed by atoms with Gasteiger partial charge in [-0.1, -0.05) is 50.0 Å². The minimum absolute atomic E-state index is 0.00334. The number of benzene rings is 2. The maximum absolute atomic E-state index is 14.7. The van der Waals surface area contributed by atoms with Crippen LogP contribution in [0.1, 0.15) is 107 Å².